The van der Waals surface area contributed by atoms with Crippen LogP contribution in [0.5, 0.6) is 5.75 Å². The molecule has 22 heavy (non-hydrogen) atoms. The second-order valence-electron chi connectivity index (χ2n) is 5.62. The number of hydrogen-bond acceptors (Lipinski definition) is 3. The number of halogens is 1. The Kier molecular flexibility index (Phi) is 7.19. The average Bonchev–Trinajstić information content (AvgIpc) is 2.53. The number of piperidine rings is 1. The molecule has 0 bridgehead atoms. The molecule has 0 aromatic heterocycles. The first-order valence-electron chi connectivity index (χ1n) is 8.09. The molecule has 1 amide bonds. The monoisotopic (exact) mass is 368 g/mol. The summed E-state index contributed by atoms with van der Waals surface area (Å²) in [5.74, 6) is 1.01. The van der Waals surface area contributed by atoms with Crippen molar-refractivity contribution in [3.05, 3.63) is 28.7 Å². The summed E-state index contributed by atoms with van der Waals surface area (Å²) in [5, 5.41) is 3.35. The van der Waals surface area contributed by atoms with Gasteiger partial charge in [0, 0.05) is 17.1 Å². The number of carbonyl (C=O) groups excluding carboxylic acids is 1. The minimum Gasteiger partial charge on any atom is -0.493 e. The summed E-state index contributed by atoms with van der Waals surface area (Å²) in [6.45, 7) is 5.42. The third-order valence-corrected chi connectivity index (χ3v) is 4.41. The summed E-state index contributed by atoms with van der Waals surface area (Å²) >= 11 is 3.42. The van der Waals surface area contributed by atoms with Crippen LogP contribution in [0.4, 0.5) is 0 Å². The molecule has 4 nitrogen and oxygen atoms in total. The highest BCUT2D eigenvalue weighted by Gasteiger charge is 2.24. The third-order valence-electron chi connectivity index (χ3n) is 3.92. The number of hydrogen-bond donors (Lipinski definition) is 1. The van der Waals surface area contributed by atoms with Crippen molar-refractivity contribution < 1.29 is 9.53 Å². The number of nitrogens with zero attached hydrogens (tertiary/aromatic N) is 1. The Morgan fingerprint density at radius 2 is 2.18 bits per heavy atom. The van der Waals surface area contributed by atoms with E-state index >= 15 is 0 Å². The molecule has 1 aromatic rings. The molecule has 1 saturated heterocycles. The Morgan fingerprint density at radius 1 is 1.41 bits per heavy atom. The Hall–Kier alpha value is -1.07. The zero-order valence-electron chi connectivity index (χ0n) is 13.2. The van der Waals surface area contributed by atoms with Gasteiger partial charge in [0.15, 0.2) is 0 Å². The number of nitrogens with one attached hydrogen (secondary N) is 1. The van der Waals surface area contributed by atoms with Crippen LogP contribution in [0.15, 0.2) is 28.7 Å². The van der Waals surface area contributed by atoms with Gasteiger partial charge in [-0.3, -0.25) is 4.79 Å². The Morgan fingerprint density at radius 3 is 2.86 bits per heavy atom. The van der Waals surface area contributed by atoms with Gasteiger partial charge >= 0.3 is 0 Å². The highest BCUT2D eigenvalue weighted by molar-refractivity contribution is 9.10. The molecule has 122 valence electrons. The van der Waals surface area contributed by atoms with E-state index in [1.807, 2.05) is 24.3 Å². The van der Waals surface area contributed by atoms with Gasteiger partial charge in [-0.2, -0.15) is 0 Å². The Labute approximate surface area is 141 Å². The van der Waals surface area contributed by atoms with E-state index in [-0.39, 0.29) is 5.91 Å². The Balaban J connectivity index is 1.82. The van der Waals surface area contributed by atoms with Crippen LogP contribution in [-0.4, -0.2) is 43.1 Å². The highest BCUT2D eigenvalue weighted by atomic mass is 79.9. The predicted molar refractivity (Wildman–Crippen MR) is 92.1 cm³/mol. The van der Waals surface area contributed by atoms with E-state index in [1.54, 1.807) is 0 Å². The first-order chi connectivity index (χ1) is 10.7. The molecule has 5 heteroatoms. The van der Waals surface area contributed by atoms with Crippen LogP contribution in [0.2, 0.25) is 0 Å². The molecule has 0 atom stereocenters. The van der Waals surface area contributed by atoms with Gasteiger partial charge in [0.1, 0.15) is 5.75 Å². The number of rotatable bonds is 7. The molecular weight excluding hydrogens is 344 g/mol. The van der Waals surface area contributed by atoms with E-state index in [1.165, 1.54) is 0 Å². The van der Waals surface area contributed by atoms with Crippen LogP contribution in [0.3, 0.4) is 0 Å². The number of carbonyl (C=O) groups is 1. The molecular formula is C17H25BrN2O2. The molecule has 2 rings (SSSR count). The molecule has 0 saturated carbocycles. The van der Waals surface area contributed by atoms with Crippen LogP contribution < -0.4 is 10.1 Å². The van der Waals surface area contributed by atoms with E-state index in [9.17, 15) is 4.79 Å². The SMILES string of the molecule is CCCN(C(=O)CCOc1cccc(Br)c1)C1CCNCC1. The number of benzene rings is 1. The quantitative estimate of drug-likeness (QED) is 0.803. The fourth-order valence-corrected chi connectivity index (χ4v) is 3.20. The van der Waals surface area contributed by atoms with Gasteiger partial charge in [0.05, 0.1) is 13.0 Å². The minimum atomic E-state index is 0.212. The maximum Gasteiger partial charge on any atom is 0.226 e. The van der Waals surface area contributed by atoms with Crippen LogP contribution >= 0.6 is 15.9 Å². The van der Waals surface area contributed by atoms with Gasteiger partial charge in [-0.05, 0) is 50.6 Å². The molecule has 0 unspecified atom stereocenters. The summed E-state index contributed by atoms with van der Waals surface area (Å²) in [6, 6.07) is 8.10. The summed E-state index contributed by atoms with van der Waals surface area (Å²) < 4.78 is 6.67. The predicted octanol–water partition coefficient (Wildman–Crippen LogP) is 3.21. The van der Waals surface area contributed by atoms with Crippen molar-refractivity contribution in [1.82, 2.24) is 10.2 Å². The van der Waals surface area contributed by atoms with Crippen LogP contribution in [0.25, 0.3) is 0 Å². The van der Waals surface area contributed by atoms with Gasteiger partial charge in [-0.15, -0.1) is 0 Å². The van der Waals surface area contributed by atoms with Crippen molar-refractivity contribution in [3.63, 3.8) is 0 Å². The zero-order chi connectivity index (χ0) is 15.8. The third kappa shape index (κ3) is 5.29. The number of amides is 1. The number of ether oxygens (including phenoxy) is 1. The van der Waals surface area contributed by atoms with Crippen LogP contribution in [-0.2, 0) is 4.79 Å². The fourth-order valence-electron chi connectivity index (χ4n) is 2.83. The molecule has 0 spiro atoms. The second-order valence-corrected chi connectivity index (χ2v) is 6.54. The lowest BCUT2D eigenvalue weighted by atomic mass is 10.0. The van der Waals surface area contributed by atoms with Gasteiger partial charge < -0.3 is 15.0 Å². The summed E-state index contributed by atoms with van der Waals surface area (Å²) in [4.78, 5) is 14.6. The van der Waals surface area contributed by atoms with E-state index in [2.05, 4.69) is 33.1 Å². The standard InChI is InChI=1S/C17H25BrN2O2/c1-2-11-20(15-6-9-19-10-7-15)17(21)8-12-22-16-5-3-4-14(18)13-16/h3-5,13,15,19H,2,6-12H2,1H3. The van der Waals surface area contributed by atoms with Gasteiger partial charge in [-0.25, -0.2) is 0 Å². The summed E-state index contributed by atoms with van der Waals surface area (Å²) in [5.41, 5.74) is 0. The molecule has 1 aliphatic heterocycles. The van der Waals surface area contributed by atoms with E-state index in [0.717, 1.165) is 49.1 Å². The smallest absolute Gasteiger partial charge is 0.226 e. The minimum absolute atomic E-state index is 0.212. The topological polar surface area (TPSA) is 41.6 Å². The first-order valence-corrected chi connectivity index (χ1v) is 8.88. The van der Waals surface area contributed by atoms with Crippen molar-refractivity contribution >= 4 is 21.8 Å². The van der Waals surface area contributed by atoms with Gasteiger partial charge in [-0.1, -0.05) is 28.9 Å². The zero-order valence-corrected chi connectivity index (χ0v) is 14.8. The van der Waals surface area contributed by atoms with E-state index < -0.39 is 0 Å². The Bertz CT molecular complexity index is 475. The van der Waals surface area contributed by atoms with E-state index in [4.69, 9.17) is 4.74 Å². The maximum absolute atomic E-state index is 12.5. The first kappa shape index (κ1) is 17.3. The highest BCUT2D eigenvalue weighted by Crippen LogP contribution is 2.18. The lowest BCUT2D eigenvalue weighted by molar-refractivity contribution is -0.134. The summed E-state index contributed by atoms with van der Waals surface area (Å²) in [6.07, 6.45) is 3.55. The molecule has 0 radical (unpaired) electrons. The lowest BCUT2D eigenvalue weighted by Crippen LogP contribution is -2.46. The maximum atomic E-state index is 12.5. The molecule has 0 aliphatic carbocycles. The molecule has 1 fully saturated rings. The van der Waals surface area contributed by atoms with Crippen molar-refractivity contribution in [2.24, 2.45) is 0 Å². The van der Waals surface area contributed by atoms with Crippen molar-refractivity contribution in [2.45, 2.75) is 38.6 Å². The summed E-state index contributed by atoms with van der Waals surface area (Å²) in [7, 11) is 0. The van der Waals surface area contributed by atoms with Crippen molar-refractivity contribution in [1.29, 1.82) is 0 Å². The van der Waals surface area contributed by atoms with Crippen LogP contribution in [0, 0.1) is 0 Å². The second kappa shape index (κ2) is 9.16. The molecule has 1 heterocycles. The van der Waals surface area contributed by atoms with E-state index in [0.29, 0.717) is 19.1 Å². The molecule has 1 N–H and O–H groups in total. The van der Waals surface area contributed by atoms with Crippen molar-refractivity contribution in [3.8, 4) is 5.75 Å². The molecule has 1 aliphatic rings. The van der Waals surface area contributed by atoms with Crippen LogP contribution in [0.1, 0.15) is 32.6 Å². The average molecular weight is 369 g/mol. The fraction of sp³-hybridized carbons (Fsp3) is 0.588. The van der Waals surface area contributed by atoms with Gasteiger partial charge in [0.25, 0.3) is 0 Å². The normalized spacial score (nSPS) is 15.5. The largest absolute Gasteiger partial charge is 0.493 e. The molecule has 1 aromatic carbocycles. The van der Waals surface area contributed by atoms with Crippen molar-refractivity contribution in [2.75, 3.05) is 26.2 Å². The van der Waals surface area contributed by atoms with Gasteiger partial charge in [0.2, 0.25) is 5.91 Å². The lowest BCUT2D eigenvalue weighted by Gasteiger charge is -2.34.